The SMILES string of the molecule is O=c1oc2ccccc2c(N2CCOCC2)c1C[NH+]1CCCCC1. The molecule has 5 heteroatoms. The number of nitrogens with zero attached hydrogens (tertiary/aromatic N) is 1. The fourth-order valence-corrected chi connectivity index (χ4v) is 3.95. The highest BCUT2D eigenvalue weighted by Crippen LogP contribution is 2.29. The summed E-state index contributed by atoms with van der Waals surface area (Å²) in [7, 11) is 0. The number of hydrogen-bond donors (Lipinski definition) is 1. The minimum absolute atomic E-state index is 0.173. The van der Waals surface area contributed by atoms with Crippen LogP contribution < -0.4 is 15.4 Å². The van der Waals surface area contributed by atoms with Gasteiger partial charge in [0.15, 0.2) is 0 Å². The molecule has 0 spiro atoms. The number of fused-ring (bicyclic) bond motifs is 1. The Kier molecular flexibility index (Phi) is 4.54. The number of anilines is 1. The molecule has 0 aliphatic carbocycles. The first kappa shape index (κ1) is 15.7. The van der Waals surface area contributed by atoms with Gasteiger partial charge in [0.25, 0.3) is 0 Å². The van der Waals surface area contributed by atoms with E-state index in [4.69, 9.17) is 9.15 Å². The Labute approximate surface area is 141 Å². The van der Waals surface area contributed by atoms with Gasteiger partial charge in [0.1, 0.15) is 17.7 Å². The van der Waals surface area contributed by atoms with Gasteiger partial charge in [-0.15, -0.1) is 0 Å². The van der Waals surface area contributed by atoms with E-state index in [1.165, 1.54) is 24.2 Å². The molecule has 2 fully saturated rings. The molecule has 5 nitrogen and oxygen atoms in total. The van der Waals surface area contributed by atoms with Crippen LogP contribution in [0.2, 0.25) is 0 Å². The maximum Gasteiger partial charge on any atom is 0.347 e. The van der Waals surface area contributed by atoms with E-state index >= 15 is 0 Å². The topological polar surface area (TPSA) is 47.1 Å². The van der Waals surface area contributed by atoms with Crippen LogP contribution in [0.4, 0.5) is 5.69 Å². The number of rotatable bonds is 3. The quantitative estimate of drug-likeness (QED) is 0.860. The van der Waals surface area contributed by atoms with Gasteiger partial charge in [-0.05, 0) is 31.4 Å². The predicted molar refractivity (Wildman–Crippen MR) is 93.8 cm³/mol. The fraction of sp³-hybridized carbons (Fsp3) is 0.526. The van der Waals surface area contributed by atoms with E-state index in [1.54, 1.807) is 0 Å². The number of piperidine rings is 1. The third-order valence-corrected chi connectivity index (χ3v) is 5.19. The van der Waals surface area contributed by atoms with E-state index in [2.05, 4.69) is 11.0 Å². The summed E-state index contributed by atoms with van der Waals surface area (Å²) in [6.45, 7) is 6.14. The molecule has 2 saturated heterocycles. The van der Waals surface area contributed by atoms with Crippen LogP contribution in [0.15, 0.2) is 33.5 Å². The van der Waals surface area contributed by atoms with Gasteiger partial charge in [0, 0.05) is 18.5 Å². The molecule has 0 amide bonds. The molecule has 0 saturated carbocycles. The van der Waals surface area contributed by atoms with Crippen LogP contribution >= 0.6 is 0 Å². The second kappa shape index (κ2) is 6.95. The number of likely N-dealkylation sites (tertiary alicyclic amines) is 1. The lowest BCUT2D eigenvalue weighted by molar-refractivity contribution is -0.918. The average Bonchev–Trinajstić information content (AvgIpc) is 2.64. The molecule has 24 heavy (non-hydrogen) atoms. The molecule has 1 aromatic heterocycles. The minimum Gasteiger partial charge on any atom is -0.422 e. The molecule has 2 aromatic rings. The maximum atomic E-state index is 12.7. The summed E-state index contributed by atoms with van der Waals surface area (Å²) in [5.41, 5.74) is 2.42. The summed E-state index contributed by atoms with van der Waals surface area (Å²) >= 11 is 0. The highest BCUT2D eigenvalue weighted by Gasteiger charge is 2.25. The first-order valence-corrected chi connectivity index (χ1v) is 9.04. The lowest BCUT2D eigenvalue weighted by atomic mass is 10.1. The average molecular weight is 329 g/mol. The molecular weight excluding hydrogens is 304 g/mol. The Morgan fingerprint density at radius 2 is 1.79 bits per heavy atom. The second-order valence-electron chi connectivity index (χ2n) is 6.80. The van der Waals surface area contributed by atoms with Gasteiger partial charge in [-0.3, -0.25) is 0 Å². The van der Waals surface area contributed by atoms with Gasteiger partial charge in [0.2, 0.25) is 0 Å². The van der Waals surface area contributed by atoms with Crippen molar-refractivity contribution in [2.24, 2.45) is 0 Å². The molecule has 0 bridgehead atoms. The Morgan fingerprint density at radius 3 is 2.58 bits per heavy atom. The third kappa shape index (κ3) is 3.06. The summed E-state index contributed by atoms with van der Waals surface area (Å²) in [5.74, 6) is 0. The smallest absolute Gasteiger partial charge is 0.347 e. The van der Waals surface area contributed by atoms with Crippen LogP contribution in [0.3, 0.4) is 0 Å². The van der Waals surface area contributed by atoms with Gasteiger partial charge in [-0.1, -0.05) is 12.1 Å². The zero-order chi connectivity index (χ0) is 16.4. The van der Waals surface area contributed by atoms with Crippen molar-refractivity contribution in [3.8, 4) is 0 Å². The number of nitrogens with one attached hydrogen (secondary N) is 1. The van der Waals surface area contributed by atoms with Gasteiger partial charge >= 0.3 is 5.63 Å². The number of ether oxygens (including phenoxy) is 1. The molecule has 1 N–H and O–H groups in total. The Bertz CT molecular complexity index is 759. The first-order valence-electron chi connectivity index (χ1n) is 9.04. The molecule has 3 heterocycles. The van der Waals surface area contributed by atoms with Crippen molar-refractivity contribution in [1.29, 1.82) is 0 Å². The van der Waals surface area contributed by atoms with Crippen LogP contribution in [0.5, 0.6) is 0 Å². The molecule has 2 aliphatic rings. The lowest BCUT2D eigenvalue weighted by Crippen LogP contribution is -3.11. The van der Waals surface area contributed by atoms with Crippen molar-refractivity contribution in [2.75, 3.05) is 44.3 Å². The van der Waals surface area contributed by atoms with E-state index < -0.39 is 0 Å². The van der Waals surface area contributed by atoms with E-state index in [0.29, 0.717) is 18.8 Å². The molecule has 1 aromatic carbocycles. The summed E-state index contributed by atoms with van der Waals surface area (Å²) in [6.07, 6.45) is 3.81. The summed E-state index contributed by atoms with van der Waals surface area (Å²) < 4.78 is 11.1. The standard InChI is InChI=1S/C19H24N2O3/c22-19-16(14-20-8-4-1-5-9-20)18(21-10-12-23-13-11-21)15-6-2-3-7-17(15)24-19/h2-3,6-7H,1,4-5,8-14H2/p+1. The molecule has 4 rings (SSSR count). The summed E-state index contributed by atoms with van der Waals surface area (Å²) in [5, 5.41) is 1.05. The number of para-hydroxylation sites is 1. The molecule has 0 atom stereocenters. The summed E-state index contributed by atoms with van der Waals surface area (Å²) in [4.78, 5) is 16.5. The number of hydrogen-bond acceptors (Lipinski definition) is 4. The van der Waals surface area contributed by atoms with Crippen LogP contribution in [-0.2, 0) is 11.3 Å². The molecular formula is C19H25N2O3+. The van der Waals surface area contributed by atoms with Gasteiger partial charge in [0.05, 0.1) is 32.0 Å². The van der Waals surface area contributed by atoms with Crippen molar-refractivity contribution in [3.05, 3.63) is 40.2 Å². The normalized spacial score (nSPS) is 19.8. The van der Waals surface area contributed by atoms with E-state index in [9.17, 15) is 4.79 Å². The zero-order valence-corrected chi connectivity index (χ0v) is 14.1. The van der Waals surface area contributed by atoms with Crippen LogP contribution in [-0.4, -0.2) is 39.4 Å². The highest BCUT2D eigenvalue weighted by atomic mass is 16.5. The second-order valence-corrected chi connectivity index (χ2v) is 6.80. The van der Waals surface area contributed by atoms with Crippen LogP contribution in [0, 0.1) is 0 Å². The molecule has 0 radical (unpaired) electrons. The minimum atomic E-state index is -0.173. The van der Waals surface area contributed by atoms with Gasteiger partial charge in [-0.2, -0.15) is 0 Å². The van der Waals surface area contributed by atoms with E-state index in [-0.39, 0.29) is 5.63 Å². The van der Waals surface area contributed by atoms with Crippen molar-refractivity contribution in [2.45, 2.75) is 25.8 Å². The fourth-order valence-electron chi connectivity index (χ4n) is 3.95. The number of benzene rings is 1. The zero-order valence-electron chi connectivity index (χ0n) is 14.1. The third-order valence-electron chi connectivity index (χ3n) is 5.19. The highest BCUT2D eigenvalue weighted by molar-refractivity contribution is 5.91. The Balaban J connectivity index is 1.80. The van der Waals surface area contributed by atoms with Crippen molar-refractivity contribution >= 4 is 16.7 Å². The van der Waals surface area contributed by atoms with Gasteiger partial charge in [-0.25, -0.2) is 4.79 Å². The Hall–Kier alpha value is -1.85. The maximum absolute atomic E-state index is 12.7. The Morgan fingerprint density at radius 1 is 1.04 bits per heavy atom. The number of morpholine rings is 1. The molecule has 2 aliphatic heterocycles. The van der Waals surface area contributed by atoms with Gasteiger partial charge < -0.3 is 19.0 Å². The molecule has 0 unspecified atom stereocenters. The van der Waals surface area contributed by atoms with Crippen molar-refractivity contribution < 1.29 is 14.1 Å². The summed E-state index contributed by atoms with van der Waals surface area (Å²) in [6, 6.07) is 7.89. The lowest BCUT2D eigenvalue weighted by Gasteiger charge is -2.32. The van der Waals surface area contributed by atoms with E-state index in [1.807, 2.05) is 18.2 Å². The molecule has 128 valence electrons. The van der Waals surface area contributed by atoms with Crippen LogP contribution in [0.25, 0.3) is 11.0 Å². The number of quaternary nitrogens is 1. The predicted octanol–water partition coefficient (Wildman–Crippen LogP) is 1.20. The monoisotopic (exact) mass is 329 g/mol. The van der Waals surface area contributed by atoms with Crippen LogP contribution in [0.1, 0.15) is 24.8 Å². The largest absolute Gasteiger partial charge is 0.422 e. The van der Waals surface area contributed by atoms with E-state index in [0.717, 1.165) is 49.4 Å². The first-order chi connectivity index (χ1) is 11.8. The van der Waals surface area contributed by atoms with Crippen molar-refractivity contribution in [1.82, 2.24) is 0 Å². The van der Waals surface area contributed by atoms with Crippen molar-refractivity contribution in [3.63, 3.8) is 0 Å².